The van der Waals surface area contributed by atoms with Crippen LogP contribution >= 0.6 is 0 Å². The maximum absolute atomic E-state index is 12.4. The molecule has 5 nitrogen and oxygen atoms in total. The molecule has 3 amide bonds. The Labute approximate surface area is 135 Å². The quantitative estimate of drug-likeness (QED) is 0.913. The first-order valence-corrected chi connectivity index (χ1v) is 7.72. The van der Waals surface area contributed by atoms with Gasteiger partial charge in [-0.3, -0.25) is 4.79 Å². The van der Waals surface area contributed by atoms with E-state index in [0.29, 0.717) is 13.0 Å². The molecular weight excluding hydrogens is 290 g/mol. The van der Waals surface area contributed by atoms with Crippen molar-refractivity contribution in [2.45, 2.75) is 18.9 Å². The van der Waals surface area contributed by atoms with E-state index >= 15 is 0 Å². The van der Waals surface area contributed by atoms with E-state index in [4.69, 9.17) is 0 Å². The highest BCUT2D eigenvalue weighted by Crippen LogP contribution is 2.20. The molecule has 0 bridgehead atoms. The summed E-state index contributed by atoms with van der Waals surface area (Å²) in [6.45, 7) is 0.589. The van der Waals surface area contributed by atoms with Crippen molar-refractivity contribution in [1.29, 1.82) is 0 Å². The Morgan fingerprint density at radius 3 is 2.04 bits per heavy atom. The highest BCUT2D eigenvalue weighted by Gasteiger charge is 2.34. The van der Waals surface area contributed by atoms with Crippen molar-refractivity contribution in [3.8, 4) is 0 Å². The first kappa shape index (κ1) is 15.1. The largest absolute Gasteiger partial charge is 0.324 e. The van der Waals surface area contributed by atoms with Crippen molar-refractivity contribution < 1.29 is 9.59 Å². The average molecular weight is 309 g/mol. The van der Waals surface area contributed by atoms with Crippen LogP contribution in [0.2, 0.25) is 0 Å². The van der Waals surface area contributed by atoms with Gasteiger partial charge in [0.15, 0.2) is 0 Å². The third-order valence-corrected chi connectivity index (χ3v) is 3.88. The Kier molecular flexibility index (Phi) is 4.57. The molecule has 1 fully saturated rings. The summed E-state index contributed by atoms with van der Waals surface area (Å²) < 4.78 is 0. The van der Waals surface area contributed by atoms with Crippen molar-refractivity contribution in [3.05, 3.63) is 60.7 Å². The number of amides is 3. The maximum atomic E-state index is 12.4. The van der Waals surface area contributed by atoms with Crippen molar-refractivity contribution >= 4 is 23.3 Å². The number of hydrogen-bond acceptors (Lipinski definition) is 2. The fourth-order valence-electron chi connectivity index (χ4n) is 2.75. The minimum absolute atomic E-state index is 0.142. The number of anilines is 2. The van der Waals surface area contributed by atoms with Crippen LogP contribution in [0.15, 0.2) is 60.7 Å². The zero-order chi connectivity index (χ0) is 16.1. The third-order valence-electron chi connectivity index (χ3n) is 3.88. The number of benzene rings is 2. The topological polar surface area (TPSA) is 61.4 Å². The van der Waals surface area contributed by atoms with E-state index in [1.807, 2.05) is 60.7 Å². The molecule has 0 radical (unpaired) electrons. The van der Waals surface area contributed by atoms with E-state index in [-0.39, 0.29) is 11.9 Å². The van der Waals surface area contributed by atoms with Crippen molar-refractivity contribution in [1.82, 2.24) is 4.90 Å². The van der Waals surface area contributed by atoms with Gasteiger partial charge in [0.05, 0.1) is 0 Å². The van der Waals surface area contributed by atoms with Gasteiger partial charge in [-0.15, -0.1) is 0 Å². The van der Waals surface area contributed by atoms with E-state index in [1.165, 1.54) is 0 Å². The van der Waals surface area contributed by atoms with Gasteiger partial charge in [-0.25, -0.2) is 4.79 Å². The number of rotatable bonds is 3. The van der Waals surface area contributed by atoms with Gasteiger partial charge in [-0.05, 0) is 37.1 Å². The SMILES string of the molecule is O=C(Nc1ccccc1)[C@H]1CCCN1C(=O)Nc1ccccc1. The predicted molar refractivity (Wildman–Crippen MR) is 90.3 cm³/mol. The van der Waals surface area contributed by atoms with Crippen molar-refractivity contribution in [2.24, 2.45) is 0 Å². The number of carbonyl (C=O) groups is 2. The molecule has 1 atom stereocenters. The Hall–Kier alpha value is -2.82. The standard InChI is InChI=1S/C18H19N3O2/c22-17(19-14-8-3-1-4-9-14)16-12-7-13-21(16)18(23)20-15-10-5-2-6-11-15/h1-6,8-11,16H,7,12-13H2,(H,19,22)(H,20,23)/t16-/m1/s1. The summed E-state index contributed by atoms with van der Waals surface area (Å²) in [6.07, 6.45) is 1.51. The molecule has 118 valence electrons. The molecule has 2 aromatic rings. The fraction of sp³-hybridized carbons (Fsp3) is 0.222. The molecule has 1 heterocycles. The molecule has 0 saturated carbocycles. The molecule has 3 rings (SSSR count). The second-order valence-corrected chi connectivity index (χ2v) is 5.50. The first-order chi connectivity index (χ1) is 11.2. The summed E-state index contributed by atoms with van der Waals surface area (Å²) in [5.74, 6) is -0.142. The summed E-state index contributed by atoms with van der Waals surface area (Å²) in [4.78, 5) is 26.5. The molecule has 2 N–H and O–H groups in total. The number of nitrogens with zero attached hydrogens (tertiary/aromatic N) is 1. The van der Waals surface area contributed by atoms with Gasteiger partial charge in [0.25, 0.3) is 0 Å². The molecule has 0 aromatic heterocycles. The lowest BCUT2D eigenvalue weighted by Gasteiger charge is -2.24. The lowest BCUT2D eigenvalue weighted by Crippen LogP contribution is -2.45. The molecule has 0 spiro atoms. The Morgan fingerprint density at radius 1 is 0.870 bits per heavy atom. The normalized spacial score (nSPS) is 16.9. The van der Waals surface area contributed by atoms with Crippen molar-refractivity contribution in [3.63, 3.8) is 0 Å². The van der Waals surface area contributed by atoms with Crippen LogP contribution in [0.5, 0.6) is 0 Å². The number of nitrogens with one attached hydrogen (secondary N) is 2. The highest BCUT2D eigenvalue weighted by molar-refractivity contribution is 5.99. The van der Waals surface area contributed by atoms with Crippen LogP contribution in [0, 0.1) is 0 Å². The molecule has 5 heteroatoms. The maximum Gasteiger partial charge on any atom is 0.322 e. The summed E-state index contributed by atoms with van der Waals surface area (Å²) >= 11 is 0. The molecule has 1 saturated heterocycles. The summed E-state index contributed by atoms with van der Waals surface area (Å²) in [5.41, 5.74) is 1.47. The Balaban J connectivity index is 1.65. The number of carbonyl (C=O) groups excluding carboxylic acids is 2. The average Bonchev–Trinajstić information content (AvgIpc) is 3.06. The van der Waals surface area contributed by atoms with Gasteiger partial charge in [-0.2, -0.15) is 0 Å². The van der Waals surface area contributed by atoms with Crippen LogP contribution in [0.4, 0.5) is 16.2 Å². The van der Waals surface area contributed by atoms with E-state index in [0.717, 1.165) is 17.8 Å². The third kappa shape index (κ3) is 3.69. The fourth-order valence-corrected chi connectivity index (χ4v) is 2.75. The van der Waals surface area contributed by atoms with Gasteiger partial charge >= 0.3 is 6.03 Å². The predicted octanol–water partition coefficient (Wildman–Crippen LogP) is 3.32. The van der Waals surface area contributed by atoms with Crippen LogP contribution < -0.4 is 10.6 Å². The second-order valence-electron chi connectivity index (χ2n) is 5.50. The van der Waals surface area contributed by atoms with Gasteiger partial charge in [0, 0.05) is 17.9 Å². The Morgan fingerprint density at radius 2 is 1.43 bits per heavy atom. The van der Waals surface area contributed by atoms with Crippen LogP contribution in [0.1, 0.15) is 12.8 Å². The monoisotopic (exact) mass is 309 g/mol. The summed E-state index contributed by atoms with van der Waals surface area (Å²) in [7, 11) is 0. The van der Waals surface area contributed by atoms with Crippen LogP contribution in [-0.2, 0) is 4.79 Å². The number of hydrogen-bond donors (Lipinski definition) is 2. The molecule has 0 aliphatic carbocycles. The first-order valence-electron chi connectivity index (χ1n) is 7.72. The van der Waals surface area contributed by atoms with Crippen LogP contribution in [-0.4, -0.2) is 29.4 Å². The number of para-hydroxylation sites is 2. The van der Waals surface area contributed by atoms with Gasteiger partial charge in [0.1, 0.15) is 6.04 Å². The lowest BCUT2D eigenvalue weighted by molar-refractivity contribution is -0.119. The molecule has 1 aliphatic heterocycles. The van der Waals surface area contributed by atoms with Crippen molar-refractivity contribution in [2.75, 3.05) is 17.2 Å². The number of urea groups is 1. The van der Waals surface area contributed by atoms with Crippen LogP contribution in [0.3, 0.4) is 0 Å². The van der Waals surface area contributed by atoms with E-state index in [1.54, 1.807) is 4.90 Å². The van der Waals surface area contributed by atoms with Crippen LogP contribution in [0.25, 0.3) is 0 Å². The molecule has 23 heavy (non-hydrogen) atoms. The minimum atomic E-state index is -0.432. The number of likely N-dealkylation sites (tertiary alicyclic amines) is 1. The smallest absolute Gasteiger partial charge is 0.322 e. The van der Waals surface area contributed by atoms with Gasteiger partial charge in [-0.1, -0.05) is 36.4 Å². The molecular formula is C18H19N3O2. The zero-order valence-electron chi connectivity index (χ0n) is 12.7. The molecule has 0 unspecified atom stereocenters. The molecule has 1 aliphatic rings. The Bertz CT molecular complexity index is 614. The summed E-state index contributed by atoms with van der Waals surface area (Å²) in [6, 6.07) is 17.9. The van der Waals surface area contributed by atoms with E-state index in [9.17, 15) is 9.59 Å². The minimum Gasteiger partial charge on any atom is -0.324 e. The van der Waals surface area contributed by atoms with Gasteiger partial charge < -0.3 is 15.5 Å². The highest BCUT2D eigenvalue weighted by atomic mass is 16.2. The molecule has 2 aromatic carbocycles. The second kappa shape index (κ2) is 6.96. The lowest BCUT2D eigenvalue weighted by atomic mass is 10.2. The van der Waals surface area contributed by atoms with E-state index in [2.05, 4.69) is 10.6 Å². The summed E-state index contributed by atoms with van der Waals surface area (Å²) in [5, 5.41) is 5.71. The zero-order valence-corrected chi connectivity index (χ0v) is 12.7. The van der Waals surface area contributed by atoms with E-state index < -0.39 is 6.04 Å². The van der Waals surface area contributed by atoms with Gasteiger partial charge in [0.2, 0.25) is 5.91 Å².